The summed E-state index contributed by atoms with van der Waals surface area (Å²) in [7, 11) is 0. The molecule has 0 bridgehead atoms. The second kappa shape index (κ2) is 7.61. The summed E-state index contributed by atoms with van der Waals surface area (Å²) in [6.07, 6.45) is 2.87. The van der Waals surface area contributed by atoms with Crippen LogP contribution in [0.15, 0.2) is 22.9 Å². The van der Waals surface area contributed by atoms with Crippen LogP contribution in [0.2, 0.25) is 0 Å². The number of amides is 1. The number of halogens is 1. The maximum atomic E-state index is 11.9. The molecule has 0 radical (unpaired) electrons. The van der Waals surface area contributed by atoms with Crippen LogP contribution in [0.5, 0.6) is 0 Å². The van der Waals surface area contributed by atoms with Gasteiger partial charge < -0.3 is 14.3 Å². The summed E-state index contributed by atoms with van der Waals surface area (Å²) in [6.45, 7) is 4.90. The molecule has 0 unspecified atom stereocenters. The van der Waals surface area contributed by atoms with E-state index in [9.17, 15) is 4.79 Å². The highest BCUT2D eigenvalue weighted by atomic mass is 35.5. The fourth-order valence-corrected chi connectivity index (χ4v) is 2.81. The first kappa shape index (κ1) is 16.7. The predicted molar refractivity (Wildman–Crippen MR) is 91.0 cm³/mol. The first-order valence-corrected chi connectivity index (χ1v) is 8.62. The molecular weight excluding hydrogens is 330 g/mol. The molecule has 0 N–H and O–H groups in total. The van der Waals surface area contributed by atoms with Crippen LogP contribution in [0.25, 0.3) is 11.4 Å². The van der Waals surface area contributed by atoms with Crippen molar-refractivity contribution in [1.29, 1.82) is 0 Å². The fourth-order valence-electron chi connectivity index (χ4n) is 2.65. The molecule has 128 valence electrons. The monoisotopic (exact) mass is 349 g/mol. The lowest BCUT2D eigenvalue weighted by molar-refractivity contribution is -0.131. The number of carbonyl (C=O) groups is 1. The van der Waals surface area contributed by atoms with Crippen LogP contribution < -0.4 is 4.90 Å². The summed E-state index contributed by atoms with van der Waals surface area (Å²) >= 11 is 5.63. The zero-order valence-electron chi connectivity index (χ0n) is 13.6. The van der Waals surface area contributed by atoms with Crippen molar-refractivity contribution in [2.75, 3.05) is 37.0 Å². The Labute approximate surface area is 145 Å². The number of aromatic nitrogens is 3. The van der Waals surface area contributed by atoms with Crippen LogP contribution >= 0.6 is 11.6 Å². The van der Waals surface area contributed by atoms with Crippen molar-refractivity contribution in [3.63, 3.8) is 0 Å². The summed E-state index contributed by atoms with van der Waals surface area (Å²) < 4.78 is 5.12. The van der Waals surface area contributed by atoms with Crippen LogP contribution in [-0.4, -0.2) is 58.0 Å². The molecule has 24 heavy (non-hydrogen) atoms. The molecule has 0 spiro atoms. The number of pyridine rings is 1. The second-order valence-electron chi connectivity index (χ2n) is 5.58. The van der Waals surface area contributed by atoms with E-state index >= 15 is 0 Å². The van der Waals surface area contributed by atoms with E-state index in [0.717, 1.165) is 24.5 Å². The largest absolute Gasteiger partial charge is 0.353 e. The van der Waals surface area contributed by atoms with Crippen molar-refractivity contribution in [2.24, 2.45) is 0 Å². The van der Waals surface area contributed by atoms with Crippen molar-refractivity contribution in [2.45, 2.75) is 19.8 Å². The molecule has 0 aliphatic carbocycles. The molecule has 2 aromatic rings. The smallest absolute Gasteiger partial charge is 0.226 e. The quantitative estimate of drug-likeness (QED) is 0.768. The zero-order valence-corrected chi connectivity index (χ0v) is 14.4. The number of hydrogen-bond acceptors (Lipinski definition) is 6. The van der Waals surface area contributed by atoms with Gasteiger partial charge in [-0.3, -0.25) is 4.79 Å². The molecule has 7 nitrogen and oxygen atoms in total. The van der Waals surface area contributed by atoms with Crippen LogP contribution in [-0.2, 0) is 11.2 Å². The fraction of sp³-hybridized carbons (Fsp3) is 0.500. The lowest BCUT2D eigenvalue weighted by Gasteiger charge is -2.35. The molecule has 3 heterocycles. The van der Waals surface area contributed by atoms with E-state index in [1.165, 1.54) is 0 Å². The average Bonchev–Trinajstić information content (AvgIpc) is 3.11. The Morgan fingerprint density at radius 1 is 1.29 bits per heavy atom. The third-order valence-corrected chi connectivity index (χ3v) is 4.23. The number of carbonyl (C=O) groups excluding carboxylic acids is 1. The SMILES string of the molecule is CCc1nc(-c2ccc(N3CCN(C(=O)CCCl)CC3)nc2)no1. The van der Waals surface area contributed by atoms with Crippen molar-refractivity contribution >= 4 is 23.3 Å². The van der Waals surface area contributed by atoms with E-state index in [1.54, 1.807) is 6.20 Å². The molecule has 8 heteroatoms. The first-order chi connectivity index (χ1) is 11.7. The summed E-state index contributed by atoms with van der Waals surface area (Å²) in [5.74, 6) is 2.56. The molecule has 2 aromatic heterocycles. The van der Waals surface area contributed by atoms with Crippen molar-refractivity contribution in [3.05, 3.63) is 24.2 Å². The van der Waals surface area contributed by atoms with Gasteiger partial charge in [0.2, 0.25) is 17.6 Å². The maximum Gasteiger partial charge on any atom is 0.226 e. The van der Waals surface area contributed by atoms with Gasteiger partial charge in [-0.1, -0.05) is 12.1 Å². The number of alkyl halides is 1. The third kappa shape index (κ3) is 3.67. The Kier molecular flexibility index (Phi) is 5.30. The lowest BCUT2D eigenvalue weighted by atomic mass is 10.2. The van der Waals surface area contributed by atoms with Gasteiger partial charge in [-0.25, -0.2) is 4.98 Å². The predicted octanol–water partition coefficient (Wildman–Crippen LogP) is 1.97. The highest BCUT2D eigenvalue weighted by Crippen LogP contribution is 2.19. The van der Waals surface area contributed by atoms with Gasteiger partial charge in [0.05, 0.1) is 0 Å². The van der Waals surface area contributed by atoms with Crippen molar-refractivity contribution < 1.29 is 9.32 Å². The molecule has 3 rings (SSSR count). The van der Waals surface area contributed by atoms with Crippen molar-refractivity contribution in [3.8, 4) is 11.4 Å². The van der Waals surface area contributed by atoms with Crippen LogP contribution in [0, 0.1) is 0 Å². The average molecular weight is 350 g/mol. The number of nitrogens with zero attached hydrogens (tertiary/aromatic N) is 5. The molecule has 0 atom stereocenters. The van der Waals surface area contributed by atoms with E-state index in [-0.39, 0.29) is 5.91 Å². The van der Waals surface area contributed by atoms with Gasteiger partial charge in [-0.05, 0) is 12.1 Å². The normalized spacial score (nSPS) is 14.9. The minimum Gasteiger partial charge on any atom is -0.353 e. The molecule has 1 amide bonds. The van der Waals surface area contributed by atoms with Gasteiger partial charge in [0.25, 0.3) is 0 Å². The molecule has 1 aliphatic heterocycles. The molecule has 1 fully saturated rings. The number of aryl methyl sites for hydroxylation is 1. The number of piperazine rings is 1. The van der Waals surface area contributed by atoms with Gasteiger partial charge in [-0.2, -0.15) is 4.98 Å². The van der Waals surface area contributed by atoms with Crippen LogP contribution in [0.3, 0.4) is 0 Å². The third-order valence-electron chi connectivity index (χ3n) is 4.04. The lowest BCUT2D eigenvalue weighted by Crippen LogP contribution is -2.49. The summed E-state index contributed by atoms with van der Waals surface area (Å²) in [5, 5.41) is 3.95. The number of anilines is 1. The molecular formula is C16H20ClN5O2. The highest BCUT2D eigenvalue weighted by molar-refractivity contribution is 6.18. The van der Waals surface area contributed by atoms with Gasteiger partial charge >= 0.3 is 0 Å². The minimum atomic E-state index is 0.122. The Hall–Kier alpha value is -2.15. The molecule has 0 aromatic carbocycles. The topological polar surface area (TPSA) is 75.4 Å². The first-order valence-electron chi connectivity index (χ1n) is 8.09. The number of hydrogen-bond donors (Lipinski definition) is 0. The second-order valence-corrected chi connectivity index (χ2v) is 5.96. The Morgan fingerprint density at radius 3 is 2.67 bits per heavy atom. The van der Waals surface area contributed by atoms with Gasteiger partial charge in [0.15, 0.2) is 0 Å². The maximum absolute atomic E-state index is 11.9. The van der Waals surface area contributed by atoms with Gasteiger partial charge in [-0.15, -0.1) is 11.6 Å². The molecule has 0 saturated carbocycles. The standard InChI is InChI=1S/C16H20ClN5O2/c1-2-14-19-16(20-24-14)12-3-4-13(18-11-12)21-7-9-22(10-8-21)15(23)5-6-17/h3-4,11H,2,5-10H2,1H3. The van der Waals surface area contributed by atoms with E-state index in [4.69, 9.17) is 16.1 Å². The van der Waals surface area contributed by atoms with Crippen molar-refractivity contribution in [1.82, 2.24) is 20.0 Å². The van der Waals surface area contributed by atoms with E-state index in [1.807, 2.05) is 24.0 Å². The van der Waals surface area contributed by atoms with E-state index < -0.39 is 0 Å². The highest BCUT2D eigenvalue weighted by Gasteiger charge is 2.21. The Bertz CT molecular complexity index is 680. The summed E-state index contributed by atoms with van der Waals surface area (Å²) in [5.41, 5.74) is 0.832. The van der Waals surface area contributed by atoms with Gasteiger partial charge in [0, 0.05) is 56.7 Å². The number of rotatable bonds is 5. The molecule has 1 saturated heterocycles. The van der Waals surface area contributed by atoms with Crippen LogP contribution in [0.1, 0.15) is 19.2 Å². The Balaban J connectivity index is 1.61. The minimum absolute atomic E-state index is 0.122. The summed E-state index contributed by atoms with van der Waals surface area (Å²) in [6, 6.07) is 3.89. The molecule has 1 aliphatic rings. The Morgan fingerprint density at radius 2 is 2.08 bits per heavy atom. The van der Waals surface area contributed by atoms with Gasteiger partial charge in [0.1, 0.15) is 5.82 Å². The van der Waals surface area contributed by atoms with Crippen LogP contribution in [0.4, 0.5) is 5.82 Å². The van der Waals surface area contributed by atoms with E-state index in [0.29, 0.717) is 43.5 Å². The summed E-state index contributed by atoms with van der Waals surface area (Å²) in [4.78, 5) is 24.7. The van der Waals surface area contributed by atoms with E-state index in [2.05, 4.69) is 20.0 Å². The zero-order chi connectivity index (χ0) is 16.9.